The molecule has 0 aliphatic carbocycles. The molecule has 102 valence electrons. The van der Waals surface area contributed by atoms with Gasteiger partial charge < -0.3 is 4.74 Å². The van der Waals surface area contributed by atoms with E-state index in [1.165, 1.54) is 10.2 Å². The number of hydrogen-bond acceptors (Lipinski definition) is 4. The highest BCUT2D eigenvalue weighted by Crippen LogP contribution is 2.26. The Morgan fingerprint density at radius 1 is 1.30 bits per heavy atom. The van der Waals surface area contributed by atoms with Gasteiger partial charge >= 0.3 is 0 Å². The summed E-state index contributed by atoms with van der Waals surface area (Å²) in [5, 5.41) is 9.20. The van der Waals surface area contributed by atoms with E-state index >= 15 is 0 Å². The second-order valence-corrected chi connectivity index (χ2v) is 5.75. The van der Waals surface area contributed by atoms with E-state index in [-0.39, 0.29) is 5.92 Å². The van der Waals surface area contributed by atoms with Crippen molar-refractivity contribution < 1.29 is 4.74 Å². The molecule has 1 heterocycles. The minimum absolute atomic E-state index is 0.180. The number of halogens is 1. The van der Waals surface area contributed by atoms with Crippen molar-refractivity contribution in [2.45, 2.75) is 17.2 Å². The molecule has 0 saturated heterocycles. The Morgan fingerprint density at radius 2 is 2.10 bits per heavy atom. The van der Waals surface area contributed by atoms with Crippen LogP contribution in [0.25, 0.3) is 0 Å². The molecular formula is C15H13BrN2OS. The minimum Gasteiger partial charge on any atom is -0.494 e. The highest BCUT2D eigenvalue weighted by molar-refractivity contribution is 9.50. The molecule has 0 fully saturated rings. The molecule has 0 aliphatic rings. The zero-order valence-electron chi connectivity index (χ0n) is 10.7. The molecule has 0 N–H and O–H groups in total. The van der Waals surface area contributed by atoms with Crippen molar-refractivity contribution in [2.24, 2.45) is 0 Å². The first-order valence-electron chi connectivity index (χ1n) is 6.14. The second-order valence-electron chi connectivity index (χ2n) is 4.15. The Morgan fingerprint density at radius 3 is 2.70 bits per heavy atom. The van der Waals surface area contributed by atoms with Crippen LogP contribution in [0.4, 0.5) is 0 Å². The number of nitrogens with zero attached hydrogens (tertiary/aromatic N) is 2. The lowest BCUT2D eigenvalue weighted by molar-refractivity contribution is 0.305. The smallest absolute Gasteiger partial charge is 0.119 e. The first kappa shape index (κ1) is 14.9. The van der Waals surface area contributed by atoms with Crippen LogP contribution < -0.4 is 4.74 Å². The molecule has 3 nitrogen and oxygen atoms in total. The van der Waals surface area contributed by atoms with E-state index in [1.54, 1.807) is 12.4 Å². The number of benzene rings is 1. The van der Waals surface area contributed by atoms with Gasteiger partial charge in [-0.2, -0.15) is 5.26 Å². The summed E-state index contributed by atoms with van der Waals surface area (Å²) in [6, 6.07) is 13.9. The van der Waals surface area contributed by atoms with Crippen LogP contribution in [0.2, 0.25) is 0 Å². The zero-order chi connectivity index (χ0) is 14.2. The van der Waals surface area contributed by atoms with Crippen molar-refractivity contribution in [3.63, 3.8) is 0 Å². The molecule has 0 saturated carbocycles. The lowest BCUT2D eigenvalue weighted by Crippen LogP contribution is -2.04. The molecule has 2 rings (SSSR count). The minimum atomic E-state index is -0.180. The number of aromatic nitrogens is 1. The summed E-state index contributed by atoms with van der Waals surface area (Å²) in [6.45, 7) is 0.508. The Kier molecular flexibility index (Phi) is 5.90. The standard InChI is InChI=1S/C15H13BrN2OS/c16-20-15-5-3-14(4-6-15)19-9-7-12(10-17)13-2-1-8-18-11-13/h1-6,8,11-12H,7,9H2. The lowest BCUT2D eigenvalue weighted by atomic mass is 10.00. The van der Waals surface area contributed by atoms with E-state index in [1.807, 2.05) is 36.4 Å². The van der Waals surface area contributed by atoms with Gasteiger partial charge in [0.15, 0.2) is 0 Å². The van der Waals surface area contributed by atoms with Gasteiger partial charge in [0.25, 0.3) is 0 Å². The van der Waals surface area contributed by atoms with Crippen LogP contribution in [0.1, 0.15) is 17.9 Å². The maximum absolute atomic E-state index is 9.20. The topological polar surface area (TPSA) is 45.9 Å². The van der Waals surface area contributed by atoms with Crippen LogP contribution in [0.5, 0.6) is 5.75 Å². The average Bonchev–Trinajstić information content (AvgIpc) is 2.53. The van der Waals surface area contributed by atoms with E-state index in [4.69, 9.17) is 4.74 Å². The number of hydrogen-bond donors (Lipinski definition) is 0. The number of ether oxygens (including phenoxy) is 1. The molecule has 1 aromatic heterocycles. The Hall–Kier alpha value is -1.51. The average molecular weight is 349 g/mol. The first-order valence-corrected chi connectivity index (χ1v) is 8.80. The van der Waals surface area contributed by atoms with Crippen LogP contribution in [0.3, 0.4) is 0 Å². The fraction of sp³-hybridized carbons (Fsp3) is 0.200. The third-order valence-electron chi connectivity index (χ3n) is 2.83. The fourth-order valence-corrected chi connectivity index (χ4v) is 2.66. The molecule has 20 heavy (non-hydrogen) atoms. The monoisotopic (exact) mass is 348 g/mol. The second kappa shape index (κ2) is 7.93. The number of rotatable bonds is 6. The van der Waals surface area contributed by atoms with Crippen LogP contribution >= 0.6 is 25.0 Å². The highest BCUT2D eigenvalue weighted by atomic mass is 79.9. The summed E-state index contributed by atoms with van der Waals surface area (Å²) >= 11 is 3.32. The summed E-state index contributed by atoms with van der Waals surface area (Å²) in [5.74, 6) is 0.638. The summed E-state index contributed by atoms with van der Waals surface area (Å²) in [5.41, 5.74) is 0.935. The summed E-state index contributed by atoms with van der Waals surface area (Å²) in [6.07, 6.45) is 4.09. The van der Waals surface area contributed by atoms with Gasteiger partial charge in [-0.25, -0.2) is 0 Å². The van der Waals surface area contributed by atoms with Crippen LogP contribution in [-0.4, -0.2) is 11.6 Å². The van der Waals surface area contributed by atoms with Gasteiger partial charge in [0.1, 0.15) is 5.75 Å². The van der Waals surface area contributed by atoms with Gasteiger partial charge in [0.05, 0.1) is 18.6 Å². The molecular weight excluding hydrogens is 336 g/mol. The van der Waals surface area contributed by atoms with Gasteiger partial charge in [-0.3, -0.25) is 4.98 Å². The largest absolute Gasteiger partial charge is 0.494 e. The third-order valence-corrected chi connectivity index (χ3v) is 4.40. The number of nitriles is 1. The molecule has 1 aromatic carbocycles. The van der Waals surface area contributed by atoms with E-state index < -0.39 is 0 Å². The predicted molar refractivity (Wildman–Crippen MR) is 83.9 cm³/mol. The van der Waals surface area contributed by atoms with Crippen molar-refractivity contribution in [3.8, 4) is 11.8 Å². The zero-order valence-corrected chi connectivity index (χ0v) is 13.1. The summed E-state index contributed by atoms with van der Waals surface area (Å²) < 4.78 is 5.66. The first-order chi connectivity index (χ1) is 9.83. The normalized spacial score (nSPS) is 11.6. The molecule has 1 atom stereocenters. The van der Waals surface area contributed by atoms with Gasteiger partial charge in [-0.05, 0) is 60.9 Å². The maximum Gasteiger partial charge on any atom is 0.119 e. The van der Waals surface area contributed by atoms with Crippen molar-refractivity contribution >= 4 is 25.0 Å². The summed E-state index contributed by atoms with van der Waals surface area (Å²) in [4.78, 5) is 5.17. The molecule has 0 radical (unpaired) electrons. The molecule has 1 unspecified atom stereocenters. The Balaban J connectivity index is 1.86. The number of pyridine rings is 1. The van der Waals surface area contributed by atoms with Gasteiger partial charge in [-0.1, -0.05) is 6.07 Å². The van der Waals surface area contributed by atoms with E-state index in [2.05, 4.69) is 25.9 Å². The van der Waals surface area contributed by atoms with Crippen LogP contribution in [0, 0.1) is 11.3 Å². The van der Waals surface area contributed by atoms with Crippen molar-refractivity contribution in [1.82, 2.24) is 4.98 Å². The van der Waals surface area contributed by atoms with Crippen molar-refractivity contribution in [1.29, 1.82) is 5.26 Å². The molecule has 5 heteroatoms. The van der Waals surface area contributed by atoms with Gasteiger partial charge in [0, 0.05) is 23.7 Å². The predicted octanol–water partition coefficient (Wildman–Crippen LogP) is 4.56. The molecule has 0 spiro atoms. The van der Waals surface area contributed by atoms with Crippen molar-refractivity contribution in [3.05, 3.63) is 54.4 Å². The highest BCUT2D eigenvalue weighted by Gasteiger charge is 2.10. The fourth-order valence-electron chi connectivity index (χ4n) is 1.77. The SMILES string of the molecule is N#CC(CCOc1ccc(SBr)cc1)c1cccnc1. The Bertz CT molecular complexity index is 569. The van der Waals surface area contributed by atoms with Gasteiger partial charge in [-0.15, -0.1) is 0 Å². The van der Waals surface area contributed by atoms with E-state index in [0.29, 0.717) is 13.0 Å². The van der Waals surface area contributed by atoms with E-state index in [9.17, 15) is 5.26 Å². The van der Waals surface area contributed by atoms with Crippen LogP contribution in [-0.2, 0) is 0 Å². The lowest BCUT2D eigenvalue weighted by Gasteiger charge is -2.10. The molecule has 0 amide bonds. The maximum atomic E-state index is 9.20. The quantitative estimate of drug-likeness (QED) is 0.767. The summed E-state index contributed by atoms with van der Waals surface area (Å²) in [7, 11) is 1.51. The van der Waals surface area contributed by atoms with E-state index in [0.717, 1.165) is 16.2 Å². The van der Waals surface area contributed by atoms with Crippen molar-refractivity contribution in [2.75, 3.05) is 6.61 Å². The molecule has 0 aliphatic heterocycles. The third kappa shape index (κ3) is 4.26. The molecule has 2 aromatic rings. The van der Waals surface area contributed by atoms with Gasteiger partial charge in [0.2, 0.25) is 0 Å². The van der Waals surface area contributed by atoms with Crippen LogP contribution in [0.15, 0.2) is 53.7 Å². The molecule has 0 bridgehead atoms. The Labute approximate surface area is 130 Å².